The predicted octanol–water partition coefficient (Wildman–Crippen LogP) is 1.53. The van der Waals surface area contributed by atoms with Crippen LogP contribution < -0.4 is 16.0 Å². The fourth-order valence-corrected chi connectivity index (χ4v) is 1.56. The van der Waals surface area contributed by atoms with Crippen molar-refractivity contribution >= 4 is 17.6 Å². The lowest BCUT2D eigenvalue weighted by Gasteiger charge is -2.08. The number of amides is 3. The molecule has 0 aliphatic heterocycles. The molecule has 1 aliphatic carbocycles. The molecule has 1 aromatic rings. The molecule has 1 aliphatic rings. The van der Waals surface area contributed by atoms with E-state index in [0.29, 0.717) is 0 Å². The maximum Gasteiger partial charge on any atom is 0.321 e. The molecule has 1 fully saturated rings. The number of hydrogen-bond acceptors (Lipinski definition) is 3. The van der Waals surface area contributed by atoms with Crippen LogP contribution in [0.1, 0.15) is 18.4 Å². The number of carbonyl (C=O) groups excluding carboxylic acids is 2. The largest absolute Gasteiger partial charge is 0.374 e. The van der Waals surface area contributed by atoms with Gasteiger partial charge in [0.05, 0.1) is 12.2 Å². The summed E-state index contributed by atoms with van der Waals surface area (Å²) in [5, 5.41) is 7.45. The lowest BCUT2D eigenvalue weighted by molar-refractivity contribution is -0.118. The van der Waals surface area contributed by atoms with Gasteiger partial charge in [-0.2, -0.15) is 0 Å². The molecule has 1 aromatic carbocycles. The van der Waals surface area contributed by atoms with Crippen molar-refractivity contribution in [2.45, 2.75) is 25.8 Å². The zero-order valence-electron chi connectivity index (χ0n) is 10.6. The molecule has 0 saturated heterocycles. The van der Waals surface area contributed by atoms with Gasteiger partial charge in [0.15, 0.2) is 0 Å². The van der Waals surface area contributed by atoms with E-state index in [1.807, 2.05) is 0 Å². The molecule has 6 heteroatoms. The summed E-state index contributed by atoms with van der Waals surface area (Å²) in [6.07, 6.45) is 1.91. The van der Waals surface area contributed by atoms with Crippen molar-refractivity contribution in [3.05, 3.63) is 29.6 Å². The van der Waals surface area contributed by atoms with Gasteiger partial charge in [0, 0.05) is 6.04 Å². The van der Waals surface area contributed by atoms with Gasteiger partial charge >= 0.3 is 6.03 Å². The first-order valence-corrected chi connectivity index (χ1v) is 6.15. The first-order chi connectivity index (χ1) is 9.04. The van der Waals surface area contributed by atoms with E-state index in [-0.39, 0.29) is 18.3 Å². The number of anilines is 1. The highest BCUT2D eigenvalue weighted by Crippen LogP contribution is 2.18. The Morgan fingerprint density at radius 2 is 2.11 bits per heavy atom. The number of urea groups is 1. The van der Waals surface area contributed by atoms with Crippen LogP contribution in [0.25, 0.3) is 0 Å². The second kappa shape index (κ2) is 5.69. The molecule has 5 nitrogen and oxygen atoms in total. The fourth-order valence-electron chi connectivity index (χ4n) is 1.56. The Kier molecular flexibility index (Phi) is 3.99. The normalized spacial score (nSPS) is 13.8. The van der Waals surface area contributed by atoms with Crippen molar-refractivity contribution < 1.29 is 14.0 Å². The van der Waals surface area contributed by atoms with Crippen molar-refractivity contribution in [1.29, 1.82) is 0 Å². The number of aryl methyl sites for hydroxylation is 1. The molecule has 102 valence electrons. The molecule has 0 aromatic heterocycles. The van der Waals surface area contributed by atoms with E-state index >= 15 is 0 Å². The number of nitrogens with one attached hydrogen (secondary N) is 3. The van der Waals surface area contributed by atoms with E-state index in [9.17, 15) is 14.0 Å². The van der Waals surface area contributed by atoms with Crippen molar-refractivity contribution in [3.63, 3.8) is 0 Å². The smallest absolute Gasteiger partial charge is 0.321 e. The SMILES string of the molecule is Cc1ccc(NCC(=O)NC(=O)NC2CC2)c(F)c1. The molecule has 0 unspecified atom stereocenters. The highest BCUT2D eigenvalue weighted by atomic mass is 19.1. The summed E-state index contributed by atoms with van der Waals surface area (Å²) < 4.78 is 13.5. The zero-order chi connectivity index (χ0) is 13.8. The Hall–Kier alpha value is -2.11. The minimum atomic E-state index is -0.502. The number of imide groups is 1. The number of hydrogen-bond donors (Lipinski definition) is 3. The molecule has 0 atom stereocenters. The Morgan fingerprint density at radius 1 is 1.37 bits per heavy atom. The van der Waals surface area contributed by atoms with Crippen LogP contribution in [-0.4, -0.2) is 24.5 Å². The predicted molar refractivity (Wildman–Crippen MR) is 69.3 cm³/mol. The molecule has 0 bridgehead atoms. The van der Waals surface area contributed by atoms with E-state index in [2.05, 4.69) is 16.0 Å². The minimum absolute atomic E-state index is 0.155. The summed E-state index contributed by atoms with van der Waals surface area (Å²) in [6, 6.07) is 4.36. The van der Waals surface area contributed by atoms with Gasteiger partial charge in [0.2, 0.25) is 5.91 Å². The van der Waals surface area contributed by atoms with Crippen LogP contribution in [0.5, 0.6) is 0 Å². The molecule has 3 N–H and O–H groups in total. The summed E-state index contributed by atoms with van der Waals surface area (Å²) in [7, 11) is 0. The molecule has 1 saturated carbocycles. The third kappa shape index (κ3) is 4.24. The third-order valence-electron chi connectivity index (χ3n) is 2.73. The Bertz CT molecular complexity index is 501. The molecule has 0 radical (unpaired) electrons. The number of carbonyl (C=O) groups is 2. The number of benzene rings is 1. The second-order valence-electron chi connectivity index (χ2n) is 4.63. The average Bonchev–Trinajstić information content (AvgIpc) is 3.11. The maximum atomic E-state index is 13.5. The van der Waals surface area contributed by atoms with Gasteiger partial charge in [0.25, 0.3) is 0 Å². The Morgan fingerprint density at radius 3 is 2.74 bits per heavy atom. The lowest BCUT2D eigenvalue weighted by atomic mass is 10.2. The summed E-state index contributed by atoms with van der Waals surface area (Å²) in [4.78, 5) is 22.7. The fraction of sp³-hybridized carbons (Fsp3) is 0.385. The van der Waals surface area contributed by atoms with E-state index in [1.54, 1.807) is 19.1 Å². The molecule has 0 heterocycles. The van der Waals surface area contributed by atoms with Crippen molar-refractivity contribution in [2.75, 3.05) is 11.9 Å². The van der Waals surface area contributed by atoms with Crippen LogP contribution in [0, 0.1) is 12.7 Å². The summed E-state index contributed by atoms with van der Waals surface area (Å²) >= 11 is 0. The van der Waals surface area contributed by atoms with Crippen molar-refractivity contribution in [1.82, 2.24) is 10.6 Å². The van der Waals surface area contributed by atoms with E-state index < -0.39 is 17.8 Å². The van der Waals surface area contributed by atoms with Gasteiger partial charge in [-0.05, 0) is 37.5 Å². The monoisotopic (exact) mass is 265 g/mol. The minimum Gasteiger partial charge on any atom is -0.374 e. The summed E-state index contributed by atoms with van der Waals surface area (Å²) in [5.41, 5.74) is 1.04. The molecule has 19 heavy (non-hydrogen) atoms. The first-order valence-electron chi connectivity index (χ1n) is 6.15. The van der Waals surface area contributed by atoms with Crippen LogP contribution in [0.15, 0.2) is 18.2 Å². The van der Waals surface area contributed by atoms with Crippen LogP contribution in [0.4, 0.5) is 14.9 Å². The Labute approximate surface area is 110 Å². The molecule has 2 rings (SSSR count). The third-order valence-corrected chi connectivity index (χ3v) is 2.73. The van der Waals surface area contributed by atoms with Gasteiger partial charge in [-0.3, -0.25) is 10.1 Å². The van der Waals surface area contributed by atoms with Crippen LogP contribution in [-0.2, 0) is 4.79 Å². The van der Waals surface area contributed by atoms with Crippen LogP contribution in [0.3, 0.4) is 0 Å². The molecular formula is C13H16FN3O2. The summed E-state index contributed by atoms with van der Waals surface area (Å²) in [5.74, 6) is -0.923. The molecule has 0 spiro atoms. The van der Waals surface area contributed by atoms with E-state index in [0.717, 1.165) is 18.4 Å². The van der Waals surface area contributed by atoms with Gasteiger partial charge < -0.3 is 10.6 Å². The zero-order valence-corrected chi connectivity index (χ0v) is 10.6. The molecule has 3 amide bonds. The Balaban J connectivity index is 1.77. The first kappa shape index (κ1) is 13.3. The van der Waals surface area contributed by atoms with Crippen LogP contribution >= 0.6 is 0 Å². The van der Waals surface area contributed by atoms with Crippen LogP contribution in [0.2, 0.25) is 0 Å². The second-order valence-corrected chi connectivity index (χ2v) is 4.63. The van der Waals surface area contributed by atoms with E-state index in [4.69, 9.17) is 0 Å². The highest BCUT2D eigenvalue weighted by molar-refractivity contribution is 5.96. The summed E-state index contributed by atoms with van der Waals surface area (Å²) in [6.45, 7) is 1.62. The number of halogens is 1. The van der Waals surface area contributed by atoms with E-state index in [1.165, 1.54) is 6.07 Å². The standard InChI is InChI=1S/C13H16FN3O2/c1-8-2-5-11(10(14)6-8)15-7-12(18)17-13(19)16-9-3-4-9/h2,5-6,9,15H,3-4,7H2,1H3,(H2,16,17,18,19). The topological polar surface area (TPSA) is 70.2 Å². The average molecular weight is 265 g/mol. The van der Waals surface area contributed by atoms with Crippen molar-refractivity contribution in [2.24, 2.45) is 0 Å². The van der Waals surface area contributed by atoms with Gasteiger partial charge in [-0.1, -0.05) is 6.07 Å². The van der Waals surface area contributed by atoms with Gasteiger partial charge in [0.1, 0.15) is 5.82 Å². The van der Waals surface area contributed by atoms with Gasteiger partial charge in [-0.25, -0.2) is 9.18 Å². The molecular weight excluding hydrogens is 249 g/mol. The quantitative estimate of drug-likeness (QED) is 0.773. The highest BCUT2D eigenvalue weighted by Gasteiger charge is 2.23. The lowest BCUT2D eigenvalue weighted by Crippen LogP contribution is -2.42. The van der Waals surface area contributed by atoms with Crippen molar-refractivity contribution in [3.8, 4) is 0 Å². The maximum absolute atomic E-state index is 13.5. The van der Waals surface area contributed by atoms with Gasteiger partial charge in [-0.15, -0.1) is 0 Å². The number of rotatable bonds is 4.